The number of benzene rings is 15. The Labute approximate surface area is 660 Å². The molecule has 1 aromatic heterocycles. The summed E-state index contributed by atoms with van der Waals surface area (Å²) in [5.74, 6) is 1.58. The third kappa shape index (κ3) is 9.59. The predicted molar refractivity (Wildman–Crippen MR) is 476 cm³/mol. The highest BCUT2D eigenvalue weighted by atomic mass is 16.3. The number of fused-ring (bicyclic) bond motifs is 15. The SMILES string of the molecule is Cc1cc2c3c(c1)N1c4c(ccc5c4N(c4cc(N(c6ccccc6)c6ccccc6)cc6c4B5c4cc(C(C)(C)C)cc5c4N6c4cc(-c6ccccc6)cc(-c6ccccc6)c4N5)c4c(-c5ccccc5)oc(-c5ccccc5)c41)B3c1ccc(C(C)(C)C)c3c1N2c1cc(-c2ccccc2)cc(-c2ccccc2)c1N3. The van der Waals surface area contributed by atoms with Gasteiger partial charge in [-0.25, -0.2) is 0 Å². The topological polar surface area (TPSA) is 53.4 Å². The van der Waals surface area contributed by atoms with Crippen molar-refractivity contribution in [2.45, 2.75) is 59.3 Å². The Hall–Kier alpha value is -13.7. The van der Waals surface area contributed by atoms with E-state index in [1.54, 1.807) is 0 Å². The molecule has 0 unspecified atom stereocenters. The molecule has 0 fully saturated rings. The highest BCUT2D eigenvalue weighted by Crippen LogP contribution is 2.66. The Morgan fingerprint density at radius 1 is 0.292 bits per heavy atom. The van der Waals surface area contributed by atoms with Crippen molar-refractivity contribution in [3.05, 3.63) is 344 Å². The second-order valence-electron chi connectivity index (χ2n) is 33.4. The van der Waals surface area contributed by atoms with Gasteiger partial charge in [-0.3, -0.25) is 0 Å². The van der Waals surface area contributed by atoms with Gasteiger partial charge in [0.2, 0.25) is 0 Å². The molecule has 15 aromatic carbocycles. The molecule has 0 atom stereocenters. The van der Waals surface area contributed by atoms with E-state index in [0.29, 0.717) is 0 Å². The molecular weight excluding hydrogens is 1370 g/mol. The normalized spacial score (nSPS) is 13.7. The Balaban J connectivity index is 0.876. The smallest absolute Gasteiger partial charge is 0.252 e. The Bertz CT molecular complexity index is 6620. The molecule has 16 aromatic rings. The summed E-state index contributed by atoms with van der Waals surface area (Å²) >= 11 is 0. The molecule has 7 aliphatic rings. The number of aryl methyl sites for hydroxylation is 1. The van der Waals surface area contributed by atoms with Crippen LogP contribution in [-0.4, -0.2) is 13.4 Å². The van der Waals surface area contributed by atoms with Crippen LogP contribution < -0.4 is 67.9 Å². The van der Waals surface area contributed by atoms with E-state index < -0.39 is 0 Å². The molecule has 2 N–H and O–H groups in total. The molecule has 0 aliphatic carbocycles. The number of anilines is 19. The Kier molecular flexibility index (Phi) is 13.9. The van der Waals surface area contributed by atoms with Gasteiger partial charge in [0.25, 0.3) is 13.4 Å². The quantitative estimate of drug-likeness (QED) is 0.139. The van der Waals surface area contributed by atoms with Gasteiger partial charge in [-0.05, 0) is 179 Å². The summed E-state index contributed by atoms with van der Waals surface area (Å²) in [6, 6.07) is 122. The lowest BCUT2D eigenvalue weighted by molar-refractivity contribution is 0.591. The van der Waals surface area contributed by atoms with Gasteiger partial charge in [-0.1, -0.05) is 290 Å². The van der Waals surface area contributed by atoms with Crippen LogP contribution in [0.25, 0.3) is 67.2 Å². The van der Waals surface area contributed by atoms with Crippen molar-refractivity contribution < 1.29 is 4.42 Å². The molecule has 113 heavy (non-hydrogen) atoms. The first-order chi connectivity index (χ1) is 55.3. The van der Waals surface area contributed by atoms with E-state index in [0.717, 1.165) is 175 Å². The lowest BCUT2D eigenvalue weighted by Gasteiger charge is -2.53. The number of furan rings is 1. The Morgan fingerprint density at radius 3 is 1.15 bits per heavy atom. The minimum atomic E-state index is -0.286. The van der Waals surface area contributed by atoms with Gasteiger partial charge < -0.3 is 39.6 Å². The molecule has 10 heteroatoms. The van der Waals surface area contributed by atoms with E-state index >= 15 is 0 Å². The van der Waals surface area contributed by atoms with E-state index in [4.69, 9.17) is 4.42 Å². The van der Waals surface area contributed by atoms with E-state index in [1.807, 2.05) is 0 Å². The van der Waals surface area contributed by atoms with Gasteiger partial charge in [0.05, 0.1) is 62.6 Å². The highest BCUT2D eigenvalue weighted by Gasteiger charge is 2.56. The summed E-state index contributed by atoms with van der Waals surface area (Å²) in [5.41, 5.74) is 42.4. The van der Waals surface area contributed by atoms with Gasteiger partial charge >= 0.3 is 0 Å². The molecule has 536 valence electrons. The van der Waals surface area contributed by atoms with E-state index in [-0.39, 0.29) is 24.3 Å². The minimum absolute atomic E-state index is 0.235. The largest absolute Gasteiger partial charge is 0.452 e. The van der Waals surface area contributed by atoms with Crippen molar-refractivity contribution in [1.82, 2.24) is 0 Å². The zero-order chi connectivity index (χ0) is 75.4. The maximum Gasteiger partial charge on any atom is 0.252 e. The molecule has 7 aliphatic heterocycles. The van der Waals surface area contributed by atoms with Crippen LogP contribution in [0, 0.1) is 6.92 Å². The summed E-state index contributed by atoms with van der Waals surface area (Å²) in [4.78, 5) is 13.2. The average molecular weight is 1450 g/mol. The van der Waals surface area contributed by atoms with Crippen LogP contribution >= 0.6 is 0 Å². The fraction of sp³-hybridized carbons (Fsp3) is 0.0874. The van der Waals surface area contributed by atoms with Crippen molar-refractivity contribution in [1.29, 1.82) is 0 Å². The van der Waals surface area contributed by atoms with E-state index in [2.05, 4.69) is 411 Å². The first-order valence-corrected chi connectivity index (χ1v) is 39.6. The molecule has 0 spiro atoms. The number of hydrogen-bond donors (Lipinski definition) is 2. The minimum Gasteiger partial charge on any atom is -0.452 e. The molecule has 8 heterocycles. The van der Waals surface area contributed by atoms with Crippen LogP contribution in [0.5, 0.6) is 0 Å². The molecule has 0 amide bonds. The lowest BCUT2D eigenvalue weighted by atomic mass is 9.30. The molecule has 0 saturated carbocycles. The molecular formula is C103H77B2N7O. The standard InChI is InChI=1S/C103H77B2N7O/c1-62-52-83-89-84(53-62)111-96-79(104(89)78-49-48-77(103(5,6)7)93-95(78)110(83)88-57-70(64-34-18-9-19-35-64)55-76(92(88)107-93)66-38-22-11-23-39-66)50-51-80-97(96)112(99-98(111)100(67-40-24-12-25-41-67)113-101(99)68-42-26-13-27-43-68)86-61-74(108(72-44-28-14-29-45-72)73-46-30-15-31-47-73)60-85-90(86)105(80)81-58-71(102(2,3)4)59-82-94(81)109(85)87-56-69(63-32-16-8-17-33-63)54-75(91(87)106-82)65-36-20-10-21-37-65/h8-61,106-107H,1-7H3. The first kappa shape index (κ1) is 65.2. The maximum atomic E-state index is 8.06. The summed E-state index contributed by atoms with van der Waals surface area (Å²) in [6.07, 6.45) is 0. The monoisotopic (exact) mass is 1450 g/mol. The summed E-state index contributed by atoms with van der Waals surface area (Å²) < 4.78 is 8.06. The molecule has 23 rings (SSSR count). The number of rotatable bonds is 9. The van der Waals surface area contributed by atoms with Crippen LogP contribution in [0.15, 0.2) is 332 Å². The highest BCUT2D eigenvalue weighted by molar-refractivity contribution is 7.03. The molecule has 0 saturated heterocycles. The lowest BCUT2D eigenvalue weighted by Crippen LogP contribution is -2.66. The number of nitrogens with zero attached hydrogens (tertiary/aromatic N) is 5. The second kappa shape index (κ2) is 24.2. The van der Waals surface area contributed by atoms with E-state index in [9.17, 15) is 0 Å². The first-order valence-electron chi connectivity index (χ1n) is 39.6. The van der Waals surface area contributed by atoms with Crippen molar-refractivity contribution >= 4 is 154 Å². The number of nitrogens with one attached hydrogen (secondary N) is 2. The third-order valence-electron chi connectivity index (χ3n) is 24.6. The van der Waals surface area contributed by atoms with Gasteiger partial charge in [0.1, 0.15) is 11.4 Å². The molecule has 8 nitrogen and oxygen atoms in total. The van der Waals surface area contributed by atoms with Crippen molar-refractivity contribution in [3.63, 3.8) is 0 Å². The Morgan fingerprint density at radius 2 is 0.681 bits per heavy atom. The van der Waals surface area contributed by atoms with Gasteiger partial charge in [-0.15, -0.1) is 0 Å². The number of hydrogen-bond acceptors (Lipinski definition) is 8. The third-order valence-corrected chi connectivity index (χ3v) is 24.6. The van der Waals surface area contributed by atoms with Crippen molar-refractivity contribution in [3.8, 4) is 67.2 Å². The van der Waals surface area contributed by atoms with Crippen LogP contribution in [0.1, 0.15) is 58.2 Å². The zero-order valence-electron chi connectivity index (χ0n) is 64.0. The van der Waals surface area contributed by atoms with E-state index in [1.165, 1.54) is 49.6 Å². The van der Waals surface area contributed by atoms with Crippen LogP contribution in [0.3, 0.4) is 0 Å². The fourth-order valence-corrected chi connectivity index (χ4v) is 19.7. The molecule has 0 radical (unpaired) electrons. The fourth-order valence-electron chi connectivity index (χ4n) is 19.7. The van der Waals surface area contributed by atoms with Gasteiger partial charge in [0.15, 0.2) is 11.5 Å². The second-order valence-corrected chi connectivity index (χ2v) is 33.4. The summed E-state index contributed by atoms with van der Waals surface area (Å²) in [6.45, 7) is 16.0. The molecule has 0 bridgehead atoms. The average Bonchev–Trinajstić information content (AvgIpc) is 1.60. The van der Waals surface area contributed by atoms with Crippen LogP contribution in [0.2, 0.25) is 0 Å². The maximum absolute atomic E-state index is 8.06. The summed E-state index contributed by atoms with van der Waals surface area (Å²) in [5, 5.41) is 8.65. The predicted octanol–water partition coefficient (Wildman–Crippen LogP) is 24.2. The van der Waals surface area contributed by atoms with Crippen LogP contribution in [-0.2, 0) is 10.8 Å². The van der Waals surface area contributed by atoms with Crippen LogP contribution in [0.4, 0.5) is 108 Å². The zero-order valence-corrected chi connectivity index (χ0v) is 64.0. The number of para-hydroxylation sites is 2. The summed E-state index contributed by atoms with van der Waals surface area (Å²) in [7, 11) is 0. The van der Waals surface area contributed by atoms with Crippen molar-refractivity contribution in [2.24, 2.45) is 0 Å². The van der Waals surface area contributed by atoms with Gasteiger partial charge in [-0.2, -0.15) is 0 Å². The van der Waals surface area contributed by atoms with Gasteiger partial charge in [0, 0.05) is 56.4 Å². The van der Waals surface area contributed by atoms with Crippen molar-refractivity contribution in [2.75, 3.05) is 35.1 Å².